The minimum Gasteiger partial charge on any atom is -0.507 e. The van der Waals surface area contributed by atoms with Gasteiger partial charge in [0, 0.05) is 44.2 Å². The van der Waals surface area contributed by atoms with Crippen molar-refractivity contribution < 1.29 is 24.6 Å². The Hall–Kier alpha value is -5.16. The van der Waals surface area contributed by atoms with Gasteiger partial charge in [-0.3, -0.25) is 19.3 Å². The first-order chi connectivity index (χ1) is 29.6. The third-order valence-electron chi connectivity index (χ3n) is 12.6. The number of benzene rings is 2. The Kier molecular flexibility index (Phi) is 14.1. The first kappa shape index (κ1) is 44.9. The summed E-state index contributed by atoms with van der Waals surface area (Å²) in [5, 5.41) is 39.0. The Bertz CT molecular complexity index is 2180. The Labute approximate surface area is 368 Å². The maximum Gasteiger partial charge on any atom is 0.246 e. The molecular formula is C46H62N10O5S. The van der Waals surface area contributed by atoms with Crippen LogP contribution in [0.5, 0.6) is 5.75 Å². The summed E-state index contributed by atoms with van der Waals surface area (Å²) in [7, 11) is 0. The fourth-order valence-corrected chi connectivity index (χ4v) is 9.75. The molecule has 7 N–H and O–H groups in total. The van der Waals surface area contributed by atoms with Crippen molar-refractivity contribution in [3.8, 4) is 27.4 Å². The number of likely N-dealkylation sites (tertiary alicyclic amines) is 3. The number of phenolic OH excluding ortho intramolecular Hbond substituents is 1. The summed E-state index contributed by atoms with van der Waals surface area (Å²) in [6, 6.07) is 15.1. The second-order valence-corrected chi connectivity index (χ2v) is 19.2. The lowest BCUT2D eigenvalue weighted by molar-refractivity contribution is -0.144. The van der Waals surface area contributed by atoms with Crippen LogP contribution in [0.2, 0.25) is 0 Å². The molecule has 332 valence electrons. The number of piperidine rings is 2. The summed E-state index contributed by atoms with van der Waals surface area (Å²) in [6.07, 6.45) is 3.18. The minimum absolute atomic E-state index is 0.0247. The van der Waals surface area contributed by atoms with Crippen molar-refractivity contribution >= 4 is 40.6 Å². The van der Waals surface area contributed by atoms with Gasteiger partial charge in [-0.2, -0.15) is 0 Å². The van der Waals surface area contributed by atoms with Crippen LogP contribution in [-0.4, -0.2) is 128 Å². The molecule has 3 aliphatic heterocycles. The maximum absolute atomic E-state index is 14.2. The van der Waals surface area contributed by atoms with Gasteiger partial charge in [0.25, 0.3) is 0 Å². The third kappa shape index (κ3) is 10.9. The van der Waals surface area contributed by atoms with E-state index in [-0.39, 0.29) is 55.1 Å². The fourth-order valence-electron chi connectivity index (χ4n) is 8.94. The number of nitrogens with two attached hydrogens (primary N) is 1. The number of carbonyl (C=O) groups excluding carboxylic acids is 3. The SMILES string of the molecule is Cc1ncsc1-c1ccc([C@H](C)NC(=O)[C@@H]2C[C@@H](O)CN2C(=O)C(NC(=O)CN2CCC(CN3CCC(Nc4cc(-c5ccccc5O)nnc4N)CC3)CC2)C(C)(C)C)cc1. The Morgan fingerprint density at radius 2 is 1.65 bits per heavy atom. The topological polar surface area (TPSA) is 202 Å². The monoisotopic (exact) mass is 866 g/mol. The summed E-state index contributed by atoms with van der Waals surface area (Å²) < 4.78 is 0. The number of nitrogens with zero attached hydrogens (tertiary/aromatic N) is 6. The molecule has 0 radical (unpaired) electrons. The molecule has 3 amide bonds. The highest BCUT2D eigenvalue weighted by molar-refractivity contribution is 7.13. The number of aromatic hydroxyl groups is 1. The van der Waals surface area contributed by atoms with Gasteiger partial charge in [0.05, 0.1) is 46.2 Å². The normalized spacial score (nSPS) is 20.5. The van der Waals surface area contributed by atoms with Gasteiger partial charge in [-0.1, -0.05) is 57.2 Å². The number of thiazole rings is 1. The van der Waals surface area contributed by atoms with E-state index >= 15 is 0 Å². The molecule has 4 atom stereocenters. The van der Waals surface area contributed by atoms with Crippen LogP contribution < -0.4 is 21.7 Å². The molecule has 1 unspecified atom stereocenters. The molecule has 0 bridgehead atoms. The Morgan fingerprint density at radius 1 is 0.952 bits per heavy atom. The van der Waals surface area contributed by atoms with E-state index in [1.807, 2.05) is 76.5 Å². The summed E-state index contributed by atoms with van der Waals surface area (Å²) in [5.74, 6) is 0.0829. The molecule has 3 fully saturated rings. The number of aliphatic hydroxyl groups is 1. The average Bonchev–Trinajstić information content (AvgIpc) is 3.87. The predicted octanol–water partition coefficient (Wildman–Crippen LogP) is 4.82. The number of para-hydroxylation sites is 1. The smallest absolute Gasteiger partial charge is 0.246 e. The number of amides is 3. The van der Waals surface area contributed by atoms with Crippen LogP contribution in [0.4, 0.5) is 11.5 Å². The number of anilines is 2. The van der Waals surface area contributed by atoms with Crippen molar-refractivity contribution in [1.82, 2.24) is 40.5 Å². The van der Waals surface area contributed by atoms with Gasteiger partial charge in [0.15, 0.2) is 5.82 Å². The zero-order valence-corrected chi connectivity index (χ0v) is 37.3. The number of hydrogen-bond donors (Lipinski definition) is 6. The number of aryl methyl sites for hydroxylation is 1. The summed E-state index contributed by atoms with van der Waals surface area (Å²) in [4.78, 5) is 53.1. The Balaban J connectivity index is 0.859. The first-order valence-corrected chi connectivity index (χ1v) is 22.7. The van der Waals surface area contributed by atoms with Gasteiger partial charge >= 0.3 is 0 Å². The molecule has 3 saturated heterocycles. The zero-order chi connectivity index (χ0) is 44.1. The van der Waals surface area contributed by atoms with E-state index < -0.39 is 23.6 Å². The van der Waals surface area contributed by atoms with Gasteiger partial charge < -0.3 is 41.7 Å². The molecule has 0 spiro atoms. The predicted molar refractivity (Wildman–Crippen MR) is 242 cm³/mol. The molecule has 0 aliphatic carbocycles. The molecule has 16 heteroatoms. The molecule has 4 aromatic rings. The fraction of sp³-hybridized carbons (Fsp3) is 0.522. The molecule has 7 rings (SSSR count). The zero-order valence-electron chi connectivity index (χ0n) is 36.5. The lowest BCUT2D eigenvalue weighted by atomic mass is 9.85. The van der Waals surface area contributed by atoms with Crippen molar-refractivity contribution in [1.29, 1.82) is 0 Å². The minimum atomic E-state index is -0.878. The molecule has 2 aromatic heterocycles. The van der Waals surface area contributed by atoms with E-state index in [4.69, 9.17) is 5.73 Å². The third-order valence-corrected chi connectivity index (χ3v) is 13.6. The first-order valence-electron chi connectivity index (χ1n) is 21.8. The van der Waals surface area contributed by atoms with Crippen LogP contribution in [0, 0.1) is 18.3 Å². The molecular weight excluding hydrogens is 805 g/mol. The van der Waals surface area contributed by atoms with Crippen molar-refractivity contribution in [2.24, 2.45) is 11.3 Å². The van der Waals surface area contributed by atoms with Gasteiger partial charge in [0.1, 0.15) is 17.8 Å². The quantitative estimate of drug-likeness (QED) is 0.107. The van der Waals surface area contributed by atoms with Crippen LogP contribution in [0.25, 0.3) is 21.7 Å². The Morgan fingerprint density at radius 3 is 2.31 bits per heavy atom. The molecule has 3 aliphatic rings. The van der Waals surface area contributed by atoms with Crippen LogP contribution in [0.3, 0.4) is 0 Å². The van der Waals surface area contributed by atoms with E-state index in [1.54, 1.807) is 29.5 Å². The highest BCUT2D eigenvalue weighted by atomic mass is 32.1. The standard InChI is InChI=1S/C46H62N10O5S/c1-28(31-10-12-32(13-11-31)41-29(2)48-27-62-41)49-44(60)38-22-34(57)25-56(38)45(61)42(46(3,4)5)51-40(59)26-55-18-14-30(15-19-55)24-54-20-16-33(17-21-54)50-37-23-36(52-53-43(37)47)35-8-6-7-9-39(35)58/h6-13,23,27-28,30,33-34,38,42,57-58H,14-22,24-26H2,1-5H3,(H2,47,53)(H,49,60)(H,50,52)(H,51,59)/t28-,34+,38-,42?/m0/s1. The number of carbonyl (C=O) groups is 3. The lowest BCUT2D eigenvalue weighted by Crippen LogP contribution is -2.59. The van der Waals surface area contributed by atoms with E-state index in [1.165, 1.54) is 4.90 Å². The van der Waals surface area contributed by atoms with Gasteiger partial charge in [0.2, 0.25) is 17.7 Å². The summed E-state index contributed by atoms with van der Waals surface area (Å²) >= 11 is 1.59. The lowest BCUT2D eigenvalue weighted by Gasteiger charge is -2.38. The van der Waals surface area contributed by atoms with Crippen LogP contribution in [0.1, 0.15) is 77.1 Å². The largest absolute Gasteiger partial charge is 0.507 e. The van der Waals surface area contributed by atoms with Crippen molar-refractivity contribution in [3.63, 3.8) is 0 Å². The van der Waals surface area contributed by atoms with E-state index in [0.717, 1.165) is 85.8 Å². The van der Waals surface area contributed by atoms with Gasteiger partial charge in [-0.05, 0) is 93.3 Å². The van der Waals surface area contributed by atoms with E-state index in [2.05, 4.69) is 40.9 Å². The number of β-amino-alcohol motifs (C(OH)–C–C–N with tert-alkyl or cyclic N) is 1. The van der Waals surface area contributed by atoms with Crippen molar-refractivity contribution in [3.05, 3.63) is 71.4 Å². The van der Waals surface area contributed by atoms with Crippen molar-refractivity contribution in [2.45, 2.75) is 97.0 Å². The molecule has 62 heavy (non-hydrogen) atoms. The molecule has 2 aromatic carbocycles. The maximum atomic E-state index is 14.2. The van der Waals surface area contributed by atoms with Crippen LogP contribution in [-0.2, 0) is 14.4 Å². The number of phenols is 1. The number of nitrogen functional groups attached to an aromatic ring is 1. The molecule has 5 heterocycles. The van der Waals surface area contributed by atoms with Crippen LogP contribution >= 0.6 is 11.3 Å². The van der Waals surface area contributed by atoms with Gasteiger partial charge in [-0.25, -0.2) is 4.98 Å². The van der Waals surface area contributed by atoms with E-state index in [0.29, 0.717) is 23.0 Å². The number of aliphatic hydroxyl groups excluding tert-OH is 1. The van der Waals surface area contributed by atoms with Gasteiger partial charge in [-0.15, -0.1) is 21.5 Å². The number of rotatable bonds is 13. The molecule has 0 saturated carbocycles. The summed E-state index contributed by atoms with van der Waals surface area (Å²) in [6.45, 7) is 14.3. The van der Waals surface area contributed by atoms with Crippen LogP contribution in [0.15, 0.2) is 60.1 Å². The molecule has 15 nitrogen and oxygen atoms in total. The highest BCUT2D eigenvalue weighted by Crippen LogP contribution is 2.32. The second-order valence-electron chi connectivity index (χ2n) is 18.4. The number of hydrogen-bond acceptors (Lipinski definition) is 13. The van der Waals surface area contributed by atoms with E-state index in [9.17, 15) is 24.6 Å². The summed E-state index contributed by atoms with van der Waals surface area (Å²) in [5.41, 5.74) is 12.2. The number of nitrogens with one attached hydrogen (secondary N) is 3. The average molecular weight is 867 g/mol. The number of aromatic nitrogens is 3. The van der Waals surface area contributed by atoms with Crippen molar-refractivity contribution in [2.75, 3.05) is 56.9 Å². The second kappa shape index (κ2) is 19.5. The highest BCUT2D eigenvalue weighted by Gasteiger charge is 2.45.